The van der Waals surface area contributed by atoms with E-state index in [0.717, 1.165) is 10.5 Å². The van der Waals surface area contributed by atoms with Gasteiger partial charge in [-0.2, -0.15) is 0 Å². The fourth-order valence-electron chi connectivity index (χ4n) is 3.40. The van der Waals surface area contributed by atoms with Crippen LogP contribution in [0.5, 0.6) is 17.4 Å². The number of ether oxygens (including phenoxy) is 2. The van der Waals surface area contributed by atoms with Crippen molar-refractivity contribution >= 4 is 46.3 Å². The Kier molecular flexibility index (Phi) is 7.49. The molecule has 4 rings (SSSR count). The number of carbonyl (C=O) groups is 3. The van der Waals surface area contributed by atoms with Gasteiger partial charge in [0.2, 0.25) is 5.91 Å². The first kappa shape index (κ1) is 25.4. The van der Waals surface area contributed by atoms with E-state index in [0.29, 0.717) is 23.0 Å². The number of aryl methyl sites for hydroxylation is 1. The van der Waals surface area contributed by atoms with Gasteiger partial charge in [0.05, 0.1) is 16.9 Å². The Morgan fingerprint density at radius 3 is 2.68 bits per heavy atom. The molecule has 12 heteroatoms. The van der Waals surface area contributed by atoms with Crippen LogP contribution in [0.4, 0.5) is 16.2 Å². The number of thioether (sulfide) groups is 1. The molecule has 3 aromatic rings. The van der Waals surface area contributed by atoms with Crippen LogP contribution in [0.1, 0.15) is 11.1 Å². The number of nitro groups is 1. The minimum Gasteiger partial charge on any atom is -0.493 e. The van der Waals surface area contributed by atoms with Crippen molar-refractivity contribution in [2.24, 2.45) is 0 Å². The second-order valence-corrected chi connectivity index (χ2v) is 8.72. The minimum atomic E-state index is -0.611. The highest BCUT2D eigenvalue weighted by molar-refractivity contribution is 8.18. The van der Waals surface area contributed by atoms with Gasteiger partial charge in [0.15, 0.2) is 11.5 Å². The average Bonchev–Trinajstić information content (AvgIpc) is 3.13. The van der Waals surface area contributed by atoms with E-state index in [4.69, 9.17) is 9.47 Å². The Labute approximate surface area is 215 Å². The molecule has 3 amide bonds. The highest BCUT2D eigenvalue weighted by Gasteiger charge is 2.36. The zero-order chi connectivity index (χ0) is 26.5. The lowest BCUT2D eigenvalue weighted by Gasteiger charge is -2.13. The van der Waals surface area contributed by atoms with Crippen LogP contribution < -0.4 is 14.8 Å². The van der Waals surface area contributed by atoms with Crippen LogP contribution in [0.2, 0.25) is 0 Å². The summed E-state index contributed by atoms with van der Waals surface area (Å²) in [5.74, 6) is -0.903. The van der Waals surface area contributed by atoms with E-state index in [1.54, 1.807) is 24.3 Å². The molecule has 0 spiro atoms. The maximum Gasteiger partial charge on any atom is 0.331 e. The topological polar surface area (TPSA) is 141 Å². The molecule has 2 heterocycles. The number of hydrogen-bond acceptors (Lipinski definition) is 9. The summed E-state index contributed by atoms with van der Waals surface area (Å²) in [4.78, 5) is 53.3. The first-order valence-corrected chi connectivity index (χ1v) is 11.6. The molecule has 0 atom stereocenters. The fourth-order valence-corrected chi connectivity index (χ4v) is 4.23. The molecule has 0 saturated carbocycles. The predicted molar refractivity (Wildman–Crippen MR) is 136 cm³/mol. The maximum atomic E-state index is 12.8. The number of nitrogens with zero attached hydrogens (tertiary/aromatic N) is 3. The number of aromatic nitrogens is 1. The minimum absolute atomic E-state index is 0.129. The molecular formula is C25H20N4O7S. The Hall–Kier alpha value is -4.71. The summed E-state index contributed by atoms with van der Waals surface area (Å²) in [7, 11) is 1.39. The summed E-state index contributed by atoms with van der Waals surface area (Å²) in [6, 6.07) is 14.5. The van der Waals surface area contributed by atoms with Gasteiger partial charge in [0, 0.05) is 18.0 Å². The van der Waals surface area contributed by atoms with Crippen LogP contribution in [0.3, 0.4) is 0 Å². The van der Waals surface area contributed by atoms with Gasteiger partial charge in [0.1, 0.15) is 6.54 Å². The molecule has 2 aromatic carbocycles. The van der Waals surface area contributed by atoms with Gasteiger partial charge in [0.25, 0.3) is 17.0 Å². The average molecular weight is 521 g/mol. The van der Waals surface area contributed by atoms with Crippen LogP contribution in [0.15, 0.2) is 65.7 Å². The molecule has 0 radical (unpaired) electrons. The van der Waals surface area contributed by atoms with Crippen molar-refractivity contribution in [2.75, 3.05) is 19.0 Å². The molecule has 1 aliphatic heterocycles. The third kappa shape index (κ3) is 5.76. The molecule has 37 heavy (non-hydrogen) atoms. The summed E-state index contributed by atoms with van der Waals surface area (Å²) < 4.78 is 10.9. The number of anilines is 1. The molecule has 1 saturated heterocycles. The number of amides is 3. The van der Waals surface area contributed by atoms with Crippen LogP contribution >= 0.6 is 11.8 Å². The number of methoxy groups -OCH3 is 1. The molecule has 0 unspecified atom stereocenters. The molecule has 188 valence electrons. The largest absolute Gasteiger partial charge is 0.493 e. The van der Waals surface area contributed by atoms with Gasteiger partial charge in [-0.05, 0) is 60.2 Å². The fraction of sp³-hybridized carbons (Fsp3) is 0.120. The van der Waals surface area contributed by atoms with Crippen molar-refractivity contribution in [1.82, 2.24) is 9.88 Å². The summed E-state index contributed by atoms with van der Waals surface area (Å²) in [5.41, 5.74) is 1.65. The Bertz CT molecular complexity index is 1440. The summed E-state index contributed by atoms with van der Waals surface area (Å²) in [6.07, 6.45) is 2.85. The number of pyridine rings is 1. The summed E-state index contributed by atoms with van der Waals surface area (Å²) in [6.45, 7) is 1.41. The molecule has 1 aromatic heterocycles. The zero-order valence-electron chi connectivity index (χ0n) is 19.7. The van der Waals surface area contributed by atoms with Crippen molar-refractivity contribution in [3.8, 4) is 17.4 Å². The van der Waals surface area contributed by atoms with E-state index in [2.05, 4.69) is 10.3 Å². The third-order valence-electron chi connectivity index (χ3n) is 5.23. The van der Waals surface area contributed by atoms with Crippen LogP contribution in [0.25, 0.3) is 6.08 Å². The van der Waals surface area contributed by atoms with Gasteiger partial charge in [-0.25, -0.2) is 4.98 Å². The van der Waals surface area contributed by atoms with E-state index in [1.165, 1.54) is 37.6 Å². The Morgan fingerprint density at radius 1 is 1.16 bits per heavy atom. The highest BCUT2D eigenvalue weighted by Crippen LogP contribution is 2.37. The number of benzene rings is 2. The van der Waals surface area contributed by atoms with E-state index in [1.807, 2.05) is 19.1 Å². The van der Waals surface area contributed by atoms with Gasteiger partial charge >= 0.3 is 5.69 Å². The van der Waals surface area contributed by atoms with Gasteiger partial charge in [-0.3, -0.25) is 29.4 Å². The van der Waals surface area contributed by atoms with Crippen LogP contribution in [-0.4, -0.2) is 45.5 Å². The van der Waals surface area contributed by atoms with E-state index in [-0.39, 0.29) is 28.0 Å². The lowest BCUT2D eigenvalue weighted by molar-refractivity contribution is -0.386. The van der Waals surface area contributed by atoms with E-state index < -0.39 is 28.5 Å². The first-order valence-electron chi connectivity index (χ1n) is 10.8. The molecule has 1 aliphatic rings. The van der Waals surface area contributed by atoms with Crippen LogP contribution in [-0.2, 0) is 9.59 Å². The molecule has 0 bridgehead atoms. The zero-order valence-corrected chi connectivity index (χ0v) is 20.5. The predicted octanol–water partition coefficient (Wildman–Crippen LogP) is 4.77. The number of hydrogen-bond donors (Lipinski definition) is 1. The standard InChI is InChI=1S/C25H20N4O7S/c1-15-6-3-4-7-17(15)27-22(30)14-28-24(31)21(37-25(28)32)13-16-9-10-19(20(12-16)35-2)36-23-18(29(33)34)8-5-11-26-23/h3-13H,14H2,1-2H3,(H,27,30)/b21-13-. The molecular weight excluding hydrogens is 500 g/mol. The number of rotatable bonds is 8. The smallest absolute Gasteiger partial charge is 0.331 e. The summed E-state index contributed by atoms with van der Waals surface area (Å²) in [5, 5.41) is 13.4. The van der Waals surface area contributed by atoms with Crippen molar-refractivity contribution < 1.29 is 28.8 Å². The lowest BCUT2D eigenvalue weighted by atomic mass is 10.2. The van der Waals surface area contributed by atoms with Crippen LogP contribution in [0, 0.1) is 17.0 Å². The Balaban J connectivity index is 1.49. The van der Waals surface area contributed by atoms with Crippen molar-refractivity contribution in [2.45, 2.75) is 6.92 Å². The first-order chi connectivity index (χ1) is 17.8. The number of imide groups is 1. The summed E-state index contributed by atoms with van der Waals surface area (Å²) >= 11 is 0.715. The van der Waals surface area contributed by atoms with Gasteiger partial charge in [-0.15, -0.1) is 0 Å². The van der Waals surface area contributed by atoms with Crippen molar-refractivity contribution in [3.63, 3.8) is 0 Å². The van der Waals surface area contributed by atoms with Gasteiger partial charge < -0.3 is 14.8 Å². The molecule has 0 aliphatic carbocycles. The molecule has 11 nitrogen and oxygen atoms in total. The third-order valence-corrected chi connectivity index (χ3v) is 6.14. The lowest BCUT2D eigenvalue weighted by Crippen LogP contribution is -2.36. The maximum absolute atomic E-state index is 12.8. The van der Waals surface area contributed by atoms with Crippen molar-refractivity contribution in [1.29, 1.82) is 0 Å². The van der Waals surface area contributed by atoms with E-state index >= 15 is 0 Å². The normalized spacial score (nSPS) is 14.1. The van der Waals surface area contributed by atoms with Crippen molar-refractivity contribution in [3.05, 3.63) is 86.9 Å². The van der Waals surface area contributed by atoms with E-state index in [9.17, 15) is 24.5 Å². The Morgan fingerprint density at radius 2 is 1.95 bits per heavy atom. The SMILES string of the molecule is COc1cc(/C=C2\SC(=O)N(CC(=O)Nc3ccccc3C)C2=O)ccc1Oc1ncccc1[N+](=O)[O-]. The molecule has 1 N–H and O–H groups in total. The number of para-hydroxylation sites is 1. The number of nitrogens with one attached hydrogen (secondary N) is 1. The second kappa shape index (κ2) is 10.9. The quantitative estimate of drug-likeness (QED) is 0.252. The number of carbonyl (C=O) groups excluding carboxylic acids is 3. The highest BCUT2D eigenvalue weighted by atomic mass is 32.2. The molecule has 1 fully saturated rings. The second-order valence-electron chi connectivity index (χ2n) is 7.73. The van der Waals surface area contributed by atoms with Gasteiger partial charge in [-0.1, -0.05) is 24.3 Å². The monoisotopic (exact) mass is 520 g/mol.